The molecule has 1 aromatic rings. The fourth-order valence-corrected chi connectivity index (χ4v) is 1.49. The van der Waals surface area contributed by atoms with Crippen molar-refractivity contribution in [3.05, 3.63) is 22.8 Å². The third-order valence-electron chi connectivity index (χ3n) is 2.08. The molecule has 0 radical (unpaired) electrons. The lowest BCUT2D eigenvalue weighted by atomic mass is 10.2. The Morgan fingerprint density at radius 2 is 2.44 bits per heavy atom. The summed E-state index contributed by atoms with van der Waals surface area (Å²) in [6, 6.07) is 3.60. The molecule has 1 heterocycles. The number of hydrogen-bond acceptors (Lipinski definition) is 4. The van der Waals surface area contributed by atoms with Crippen LogP contribution in [-0.4, -0.2) is 25.2 Å². The van der Waals surface area contributed by atoms with Gasteiger partial charge in [-0.25, -0.2) is 4.98 Å². The molecule has 1 atom stereocenters. The van der Waals surface area contributed by atoms with Crippen LogP contribution in [0.1, 0.15) is 12.5 Å². The van der Waals surface area contributed by atoms with Gasteiger partial charge in [-0.2, -0.15) is 5.26 Å². The summed E-state index contributed by atoms with van der Waals surface area (Å²) in [6.45, 7) is 3.43. The summed E-state index contributed by atoms with van der Waals surface area (Å²) in [6.07, 6.45) is 1.56. The van der Waals surface area contributed by atoms with Crippen LogP contribution in [0.2, 0.25) is 5.02 Å². The highest BCUT2D eigenvalue weighted by atomic mass is 35.5. The first-order valence-electron chi connectivity index (χ1n) is 4.96. The number of rotatable bonds is 5. The maximum absolute atomic E-state index is 8.79. The van der Waals surface area contributed by atoms with Gasteiger partial charge in [-0.15, -0.1) is 0 Å². The molecular formula is C11H14ClN3O. The summed E-state index contributed by atoms with van der Waals surface area (Å²) in [5.41, 5.74) is 0.429. The van der Waals surface area contributed by atoms with Gasteiger partial charge in [0.05, 0.1) is 12.2 Å². The van der Waals surface area contributed by atoms with E-state index in [0.717, 1.165) is 0 Å². The lowest BCUT2D eigenvalue weighted by molar-refractivity contribution is 0.164. The highest BCUT2D eigenvalue weighted by Gasteiger charge is 2.08. The predicted molar refractivity (Wildman–Crippen MR) is 63.5 cm³/mol. The number of hydrogen-bond donors (Lipinski definition) is 1. The fraction of sp³-hybridized carbons (Fsp3) is 0.455. The number of nitriles is 1. The lowest BCUT2D eigenvalue weighted by Gasteiger charge is -2.12. The Balaban J connectivity index is 2.64. The zero-order valence-corrected chi connectivity index (χ0v) is 10.1. The second kappa shape index (κ2) is 6.31. The van der Waals surface area contributed by atoms with Crippen LogP contribution >= 0.6 is 11.6 Å². The molecule has 5 heteroatoms. The molecule has 16 heavy (non-hydrogen) atoms. The van der Waals surface area contributed by atoms with Gasteiger partial charge in [-0.05, 0) is 12.0 Å². The topological polar surface area (TPSA) is 57.9 Å². The molecular weight excluding hydrogens is 226 g/mol. The van der Waals surface area contributed by atoms with Crippen LogP contribution < -0.4 is 5.32 Å². The standard InChI is InChI=1S/C11H14ClN3O/c1-8(7-16-2)6-15-11-10(12)9(5-13)3-4-14-11/h3-4,8H,6-7H2,1-2H3,(H,14,15). The summed E-state index contributed by atoms with van der Waals surface area (Å²) in [7, 11) is 1.66. The highest BCUT2D eigenvalue weighted by Crippen LogP contribution is 2.22. The fourth-order valence-electron chi connectivity index (χ4n) is 1.27. The van der Waals surface area contributed by atoms with E-state index in [2.05, 4.69) is 17.2 Å². The first-order chi connectivity index (χ1) is 7.69. The number of nitrogens with zero attached hydrogens (tertiary/aromatic N) is 2. The molecule has 4 nitrogen and oxygen atoms in total. The average molecular weight is 240 g/mol. The SMILES string of the molecule is COCC(C)CNc1nccc(C#N)c1Cl. The van der Waals surface area contributed by atoms with Crippen LogP contribution in [0.4, 0.5) is 5.82 Å². The molecule has 0 aliphatic rings. The molecule has 0 bridgehead atoms. The van der Waals surface area contributed by atoms with Crippen molar-refractivity contribution in [2.75, 3.05) is 25.6 Å². The Hall–Kier alpha value is -1.31. The monoisotopic (exact) mass is 239 g/mol. The molecule has 0 saturated carbocycles. The molecule has 0 amide bonds. The Morgan fingerprint density at radius 1 is 1.69 bits per heavy atom. The summed E-state index contributed by atoms with van der Waals surface area (Å²) < 4.78 is 5.02. The molecule has 1 aromatic heterocycles. The molecule has 0 saturated heterocycles. The first-order valence-corrected chi connectivity index (χ1v) is 5.34. The van der Waals surface area contributed by atoms with Gasteiger partial charge in [0.15, 0.2) is 0 Å². The van der Waals surface area contributed by atoms with E-state index in [-0.39, 0.29) is 0 Å². The molecule has 1 unspecified atom stereocenters. The number of pyridine rings is 1. The van der Waals surface area contributed by atoms with Gasteiger partial charge in [-0.3, -0.25) is 0 Å². The Kier molecular flexibility index (Phi) is 5.03. The van der Waals surface area contributed by atoms with Crippen LogP contribution in [-0.2, 0) is 4.74 Å². The van der Waals surface area contributed by atoms with Crippen molar-refractivity contribution in [3.63, 3.8) is 0 Å². The van der Waals surface area contributed by atoms with Gasteiger partial charge in [0.1, 0.15) is 16.9 Å². The van der Waals surface area contributed by atoms with Crippen molar-refractivity contribution >= 4 is 17.4 Å². The minimum absolute atomic E-state index is 0.355. The van der Waals surface area contributed by atoms with Gasteiger partial charge >= 0.3 is 0 Å². The van der Waals surface area contributed by atoms with Gasteiger partial charge in [0.2, 0.25) is 0 Å². The lowest BCUT2D eigenvalue weighted by Crippen LogP contribution is -2.16. The maximum Gasteiger partial charge on any atom is 0.146 e. The first kappa shape index (κ1) is 12.8. The van der Waals surface area contributed by atoms with Gasteiger partial charge < -0.3 is 10.1 Å². The number of nitrogens with one attached hydrogen (secondary N) is 1. The van der Waals surface area contributed by atoms with E-state index in [4.69, 9.17) is 21.6 Å². The van der Waals surface area contributed by atoms with Crippen LogP contribution in [0, 0.1) is 17.2 Å². The number of halogens is 1. The van der Waals surface area contributed by atoms with E-state index in [1.54, 1.807) is 19.4 Å². The van der Waals surface area contributed by atoms with Crippen molar-refractivity contribution in [2.45, 2.75) is 6.92 Å². The average Bonchev–Trinajstić information content (AvgIpc) is 2.28. The van der Waals surface area contributed by atoms with Crippen molar-refractivity contribution < 1.29 is 4.74 Å². The highest BCUT2D eigenvalue weighted by molar-refractivity contribution is 6.34. The summed E-state index contributed by atoms with van der Waals surface area (Å²) >= 11 is 5.99. The molecule has 0 aliphatic heterocycles. The number of methoxy groups -OCH3 is 1. The quantitative estimate of drug-likeness (QED) is 0.857. The summed E-state index contributed by atoms with van der Waals surface area (Å²) in [5, 5.41) is 12.3. The summed E-state index contributed by atoms with van der Waals surface area (Å²) in [5.74, 6) is 0.900. The Labute approximate surface area is 100 Å². The Bertz CT molecular complexity index is 389. The van der Waals surface area contributed by atoms with Crippen molar-refractivity contribution in [2.24, 2.45) is 5.92 Å². The van der Waals surface area contributed by atoms with Gasteiger partial charge in [-0.1, -0.05) is 18.5 Å². The minimum Gasteiger partial charge on any atom is -0.384 e. The predicted octanol–water partition coefficient (Wildman–Crippen LogP) is 2.30. The van der Waals surface area contributed by atoms with Gasteiger partial charge in [0, 0.05) is 19.9 Å². The Morgan fingerprint density at radius 3 is 3.06 bits per heavy atom. The van der Waals surface area contributed by atoms with Gasteiger partial charge in [0.25, 0.3) is 0 Å². The van der Waals surface area contributed by atoms with E-state index in [0.29, 0.717) is 35.5 Å². The molecule has 86 valence electrons. The van der Waals surface area contributed by atoms with E-state index in [1.165, 1.54) is 0 Å². The van der Waals surface area contributed by atoms with Crippen LogP contribution in [0.3, 0.4) is 0 Å². The molecule has 1 rings (SSSR count). The molecule has 0 aromatic carbocycles. The number of anilines is 1. The largest absolute Gasteiger partial charge is 0.384 e. The van der Waals surface area contributed by atoms with Crippen LogP contribution in [0.15, 0.2) is 12.3 Å². The molecule has 1 N–H and O–H groups in total. The maximum atomic E-state index is 8.79. The van der Waals surface area contributed by atoms with Crippen molar-refractivity contribution in [3.8, 4) is 6.07 Å². The summed E-state index contributed by atoms with van der Waals surface area (Å²) in [4.78, 5) is 4.08. The van der Waals surface area contributed by atoms with Crippen LogP contribution in [0.5, 0.6) is 0 Å². The minimum atomic E-state index is 0.355. The smallest absolute Gasteiger partial charge is 0.146 e. The van der Waals surface area contributed by atoms with Crippen molar-refractivity contribution in [1.29, 1.82) is 5.26 Å². The second-order valence-corrected chi connectivity index (χ2v) is 3.95. The number of aromatic nitrogens is 1. The third-order valence-corrected chi connectivity index (χ3v) is 2.46. The van der Waals surface area contributed by atoms with E-state index in [9.17, 15) is 0 Å². The van der Waals surface area contributed by atoms with E-state index in [1.807, 2.05) is 6.07 Å². The second-order valence-electron chi connectivity index (χ2n) is 3.57. The van der Waals surface area contributed by atoms with E-state index >= 15 is 0 Å². The third kappa shape index (κ3) is 3.37. The molecule has 0 fully saturated rings. The van der Waals surface area contributed by atoms with Crippen LogP contribution in [0.25, 0.3) is 0 Å². The normalized spacial score (nSPS) is 11.9. The van der Waals surface area contributed by atoms with E-state index < -0.39 is 0 Å². The molecule has 0 spiro atoms. The number of ether oxygens (including phenoxy) is 1. The zero-order chi connectivity index (χ0) is 12.0. The molecule has 0 aliphatic carbocycles. The zero-order valence-electron chi connectivity index (χ0n) is 9.33. The van der Waals surface area contributed by atoms with Crippen molar-refractivity contribution in [1.82, 2.24) is 4.98 Å².